The van der Waals surface area contributed by atoms with Gasteiger partial charge in [0.05, 0.1) is 44.6 Å². The number of ether oxygens (including phenoxy) is 6. The first-order chi connectivity index (χ1) is 39.4. The molecule has 2 fully saturated rings. The topological polar surface area (TPSA) is 167 Å². The number of unbranched alkanes of at least 4 members (excludes halogenated alkanes) is 11. The lowest BCUT2D eigenvalue weighted by Crippen LogP contribution is -2.70. The summed E-state index contributed by atoms with van der Waals surface area (Å²) < 4.78 is 39.3. The molecule has 434 valence electrons. The summed E-state index contributed by atoms with van der Waals surface area (Å²) in [6.07, 6.45) is 21.4. The lowest BCUT2D eigenvalue weighted by atomic mass is 9.55. The van der Waals surface area contributed by atoms with Crippen molar-refractivity contribution in [3.05, 3.63) is 132 Å². The van der Waals surface area contributed by atoms with Gasteiger partial charge in [0.1, 0.15) is 24.1 Å². The second-order valence-electron chi connectivity index (χ2n) is 22.1. The van der Waals surface area contributed by atoms with E-state index in [9.17, 15) is 15.0 Å². The third-order valence-electron chi connectivity index (χ3n) is 16.5. The number of allylic oxidation sites excluding steroid dienone is 1. The zero-order valence-corrected chi connectivity index (χ0v) is 47.5. The summed E-state index contributed by atoms with van der Waals surface area (Å²) in [5.41, 5.74) is 4.29. The quantitative estimate of drug-likeness (QED) is 0.0236. The molecule has 4 aromatic rings. The number of oxime groups is 1. The van der Waals surface area contributed by atoms with Crippen LogP contribution in [0.5, 0.6) is 11.5 Å². The van der Waals surface area contributed by atoms with Crippen molar-refractivity contribution < 1.29 is 53.1 Å². The van der Waals surface area contributed by atoms with Crippen LogP contribution in [-0.2, 0) is 36.9 Å². The van der Waals surface area contributed by atoms with E-state index in [1.165, 1.54) is 44.9 Å². The van der Waals surface area contributed by atoms with Crippen molar-refractivity contribution in [3.63, 3.8) is 0 Å². The number of rotatable bonds is 33. The molecule has 8 rings (SSSR count). The van der Waals surface area contributed by atoms with E-state index in [0.717, 1.165) is 90.8 Å². The van der Waals surface area contributed by atoms with Gasteiger partial charge in [0.15, 0.2) is 0 Å². The maximum Gasteiger partial charge on any atom is 0.412 e. The lowest BCUT2D eigenvalue weighted by molar-refractivity contribution is -0.256. The highest BCUT2D eigenvalue weighted by atomic mass is 16.8. The predicted octanol–water partition coefficient (Wildman–Crippen LogP) is 13.9. The van der Waals surface area contributed by atoms with Gasteiger partial charge in [0, 0.05) is 44.1 Å². The molecule has 1 saturated heterocycles. The molecule has 7 atom stereocenters. The molecule has 14 heteroatoms. The van der Waals surface area contributed by atoms with E-state index in [2.05, 4.69) is 43.1 Å². The van der Waals surface area contributed by atoms with Crippen LogP contribution in [-0.4, -0.2) is 97.3 Å². The third-order valence-corrected chi connectivity index (χ3v) is 16.5. The van der Waals surface area contributed by atoms with E-state index in [0.29, 0.717) is 56.2 Å². The third kappa shape index (κ3) is 16.2. The highest BCUT2D eigenvalue weighted by molar-refractivity contribution is 6.03. The Bertz CT molecular complexity index is 2600. The number of amides is 2. The van der Waals surface area contributed by atoms with Crippen LogP contribution in [0.3, 0.4) is 0 Å². The first-order valence-electron chi connectivity index (χ1n) is 30.2. The zero-order valence-electron chi connectivity index (χ0n) is 47.5. The van der Waals surface area contributed by atoms with Crippen molar-refractivity contribution in [2.75, 3.05) is 46.2 Å². The van der Waals surface area contributed by atoms with E-state index in [-0.39, 0.29) is 63.8 Å². The van der Waals surface area contributed by atoms with Gasteiger partial charge in [-0.2, -0.15) is 0 Å². The molecule has 2 aliphatic carbocycles. The number of aliphatic hydroxyl groups excluding tert-OH is 2. The van der Waals surface area contributed by atoms with Crippen molar-refractivity contribution in [3.8, 4) is 11.5 Å². The molecular formula is C66H89N3O11. The summed E-state index contributed by atoms with van der Waals surface area (Å²) in [7, 11) is 0. The summed E-state index contributed by atoms with van der Waals surface area (Å²) in [5, 5.41) is 30.4. The Morgan fingerprint density at radius 1 is 0.838 bits per heavy atom. The van der Waals surface area contributed by atoms with Gasteiger partial charge in [-0.3, -0.25) is 4.90 Å². The summed E-state index contributed by atoms with van der Waals surface area (Å²) in [6, 6.07) is 28.8. The molecule has 2 amide bonds. The smallest absolute Gasteiger partial charge is 0.412 e. The molecule has 3 N–H and O–H groups in total. The maximum atomic E-state index is 15.4. The minimum atomic E-state index is -1.56. The summed E-state index contributed by atoms with van der Waals surface area (Å²) in [4.78, 5) is 37.1. The molecular weight excluding hydrogens is 1010 g/mol. The van der Waals surface area contributed by atoms with Crippen LogP contribution in [0, 0.1) is 17.8 Å². The number of carbonyl (C=O) groups is 2. The van der Waals surface area contributed by atoms with E-state index in [4.69, 9.17) is 38.4 Å². The van der Waals surface area contributed by atoms with Crippen LogP contribution in [0.1, 0.15) is 158 Å². The van der Waals surface area contributed by atoms with Gasteiger partial charge in [-0.15, -0.1) is 6.58 Å². The van der Waals surface area contributed by atoms with Crippen LogP contribution in [0.4, 0.5) is 9.59 Å². The van der Waals surface area contributed by atoms with Crippen molar-refractivity contribution in [1.82, 2.24) is 10.2 Å². The number of hydrogen-bond donors (Lipinski definition) is 3. The molecule has 0 radical (unpaired) electrons. The van der Waals surface area contributed by atoms with Crippen LogP contribution in [0.25, 0.3) is 10.8 Å². The molecule has 0 aromatic heterocycles. The number of benzene rings is 4. The Morgan fingerprint density at radius 3 is 2.35 bits per heavy atom. The van der Waals surface area contributed by atoms with Crippen LogP contribution < -0.4 is 14.8 Å². The van der Waals surface area contributed by atoms with E-state index >= 15 is 4.79 Å². The van der Waals surface area contributed by atoms with Gasteiger partial charge in [-0.25, -0.2) is 9.59 Å². The number of fused-ring (bicyclic) bond motifs is 3. The fraction of sp³-hybridized carbons (Fsp3) is 0.561. The van der Waals surface area contributed by atoms with Gasteiger partial charge in [0.2, 0.25) is 12.1 Å². The Balaban J connectivity index is 1.19. The molecule has 2 aliphatic heterocycles. The van der Waals surface area contributed by atoms with Crippen molar-refractivity contribution in [2.45, 2.75) is 173 Å². The minimum absolute atomic E-state index is 0.00574. The Labute approximate surface area is 475 Å². The number of aliphatic hydroxyl groups is 2. The second kappa shape index (κ2) is 32.0. The zero-order chi connectivity index (χ0) is 55.8. The van der Waals surface area contributed by atoms with Crippen molar-refractivity contribution in [2.24, 2.45) is 22.9 Å². The van der Waals surface area contributed by atoms with Crippen molar-refractivity contribution in [1.29, 1.82) is 0 Å². The van der Waals surface area contributed by atoms with Gasteiger partial charge >= 0.3 is 12.2 Å². The van der Waals surface area contributed by atoms with Gasteiger partial charge in [-0.05, 0) is 102 Å². The molecule has 1 saturated carbocycles. The summed E-state index contributed by atoms with van der Waals surface area (Å²) in [5.74, 6) is -1.65. The van der Waals surface area contributed by atoms with Gasteiger partial charge < -0.3 is 48.8 Å². The number of nitrogens with zero attached hydrogens (tertiary/aromatic N) is 2. The molecule has 7 unspecified atom stereocenters. The fourth-order valence-corrected chi connectivity index (χ4v) is 12.5. The molecule has 4 aliphatic rings. The molecule has 2 heterocycles. The summed E-state index contributed by atoms with van der Waals surface area (Å²) >= 11 is 0. The highest BCUT2D eigenvalue weighted by Crippen LogP contribution is 2.62. The number of carbonyl (C=O) groups excluding carboxylic acids is 2. The number of hydrogen-bond acceptors (Lipinski definition) is 12. The Morgan fingerprint density at radius 2 is 1.59 bits per heavy atom. The van der Waals surface area contributed by atoms with Gasteiger partial charge in [-0.1, -0.05) is 168 Å². The largest absolute Gasteiger partial charge is 0.459 e. The first-order valence-corrected chi connectivity index (χ1v) is 30.2. The molecule has 0 spiro atoms. The average Bonchev–Trinajstić information content (AvgIpc) is 3.59. The average molecular weight is 1100 g/mol. The van der Waals surface area contributed by atoms with E-state index < -0.39 is 36.2 Å². The first kappa shape index (κ1) is 60.3. The predicted molar refractivity (Wildman–Crippen MR) is 312 cm³/mol. The van der Waals surface area contributed by atoms with Gasteiger partial charge in [0.25, 0.3) is 0 Å². The van der Waals surface area contributed by atoms with Crippen LogP contribution >= 0.6 is 0 Å². The van der Waals surface area contributed by atoms with Crippen LogP contribution in [0.2, 0.25) is 0 Å². The normalized spacial score (nSPS) is 22.6. The Hall–Kier alpha value is -5.77. The minimum Gasteiger partial charge on any atom is -0.459 e. The molecule has 4 aromatic carbocycles. The monoisotopic (exact) mass is 1100 g/mol. The van der Waals surface area contributed by atoms with E-state index in [1.807, 2.05) is 66.7 Å². The number of nitrogens with one attached hydrogen (secondary N) is 1. The molecule has 80 heavy (non-hydrogen) atoms. The molecule has 14 nitrogen and oxygen atoms in total. The summed E-state index contributed by atoms with van der Waals surface area (Å²) in [6.45, 7) is 8.33. The van der Waals surface area contributed by atoms with E-state index in [1.54, 1.807) is 17.0 Å². The van der Waals surface area contributed by atoms with Crippen LogP contribution in [0.15, 0.2) is 120 Å². The Kier molecular flexibility index (Phi) is 24.1. The highest BCUT2D eigenvalue weighted by Gasteiger charge is 2.66. The molecule has 0 bridgehead atoms. The van der Waals surface area contributed by atoms with Crippen molar-refractivity contribution >= 4 is 28.7 Å². The standard InChI is InChI=1S/C66H89N3O11/c1-3-5-6-7-8-9-10-11-12-21-37-67-64(72)78-53-35-36-59-57(45-53)62-55(33-19-23-39-71)51(29-18-22-38-70)44-56-58(68-80-61-34-20-24-41-75-61)46-60(66(79-59,63(56)62)77-40-4-2)69(47-52-31-25-30-50-28-16-17-32-54(50)52)65(73)76-43-42-74-48-49-26-14-13-15-27-49/h4,13-17,25-28,30-32,35-36,44-45,51,55,60-63,70-71H,2-3,5-12,18-24,29,33-34,37-43,46-48H2,1H3,(H,67,72). The second-order valence-corrected chi connectivity index (χ2v) is 22.1. The fourth-order valence-electron chi connectivity index (χ4n) is 12.5. The maximum absolute atomic E-state index is 15.4. The SMILES string of the molecule is C=CCOC12Oc3ccc(OC(=O)NCCCCCCCCCCCC)cc3C3C(CCCCO)C(CCCCO)C=C(C(=NOC4CCCCO4)CC1N(Cc1cccc4ccccc14)C(=O)OCCOCc1ccccc1)C32. The lowest BCUT2D eigenvalue weighted by Gasteiger charge is -2.60.